The molecule has 104 valence electrons. The second-order valence-corrected chi connectivity index (χ2v) is 11.4. The third-order valence-corrected chi connectivity index (χ3v) is 4.64. The van der Waals surface area contributed by atoms with Crippen LogP contribution in [0, 0.1) is 0 Å². The van der Waals surface area contributed by atoms with Gasteiger partial charge in [0.05, 0.1) is 12.1 Å². The van der Waals surface area contributed by atoms with Crippen molar-refractivity contribution in [3.8, 4) is 0 Å². The van der Waals surface area contributed by atoms with Crippen molar-refractivity contribution in [2.75, 3.05) is 6.61 Å². The molecule has 0 spiro atoms. The second-order valence-electron chi connectivity index (χ2n) is 5.82. The average molecular weight is 279 g/mol. The first-order chi connectivity index (χ1) is 9.01. The van der Waals surface area contributed by atoms with Gasteiger partial charge < -0.3 is 9.84 Å². The Labute approximate surface area is 114 Å². The summed E-state index contributed by atoms with van der Waals surface area (Å²) in [6, 6.07) is 4.94. The predicted octanol–water partition coefficient (Wildman–Crippen LogP) is 2.24. The van der Waals surface area contributed by atoms with E-state index < -0.39 is 8.07 Å². The normalized spacial score (nSPS) is 12.2. The minimum atomic E-state index is -1.06. The van der Waals surface area contributed by atoms with Crippen molar-refractivity contribution in [2.24, 2.45) is 0 Å². The Hall–Kier alpha value is -1.24. The molecular weight excluding hydrogens is 258 g/mol. The molecule has 0 unspecified atom stereocenters. The van der Waals surface area contributed by atoms with Crippen molar-refractivity contribution in [3.63, 3.8) is 0 Å². The molecule has 0 aliphatic heterocycles. The SMILES string of the molecule is C[Si](C)(C)CCOCn1nc(CO)c2ncccc21. The molecule has 0 saturated carbocycles. The van der Waals surface area contributed by atoms with E-state index in [0.717, 1.165) is 23.7 Å². The van der Waals surface area contributed by atoms with Crippen LogP contribution in [-0.4, -0.2) is 34.6 Å². The van der Waals surface area contributed by atoms with Crippen molar-refractivity contribution in [1.82, 2.24) is 14.8 Å². The molecule has 5 nitrogen and oxygen atoms in total. The maximum Gasteiger partial charge on any atom is 0.140 e. The van der Waals surface area contributed by atoms with Gasteiger partial charge in [-0.3, -0.25) is 4.98 Å². The highest BCUT2D eigenvalue weighted by molar-refractivity contribution is 6.76. The maximum atomic E-state index is 9.28. The summed E-state index contributed by atoms with van der Waals surface area (Å²) < 4.78 is 7.45. The molecular formula is C13H21N3O2Si. The second kappa shape index (κ2) is 5.81. The molecule has 2 aromatic rings. The van der Waals surface area contributed by atoms with Gasteiger partial charge in [-0.15, -0.1) is 0 Å². The monoisotopic (exact) mass is 279 g/mol. The lowest BCUT2D eigenvalue weighted by Crippen LogP contribution is -2.22. The van der Waals surface area contributed by atoms with Crippen LogP contribution in [0.15, 0.2) is 18.3 Å². The smallest absolute Gasteiger partial charge is 0.140 e. The largest absolute Gasteiger partial charge is 0.390 e. The van der Waals surface area contributed by atoms with Gasteiger partial charge in [-0.25, -0.2) is 4.68 Å². The van der Waals surface area contributed by atoms with E-state index in [4.69, 9.17) is 4.74 Å². The first kappa shape index (κ1) is 14.2. The summed E-state index contributed by atoms with van der Waals surface area (Å²) in [5.41, 5.74) is 2.25. The molecule has 0 bridgehead atoms. The first-order valence-electron chi connectivity index (χ1n) is 6.50. The van der Waals surface area contributed by atoms with Crippen LogP contribution in [0.1, 0.15) is 5.69 Å². The fourth-order valence-electron chi connectivity index (χ4n) is 1.81. The van der Waals surface area contributed by atoms with Crippen LogP contribution in [-0.2, 0) is 18.1 Å². The number of nitrogens with zero attached hydrogens (tertiary/aromatic N) is 3. The third kappa shape index (κ3) is 3.62. The Bertz CT molecular complexity index is 548. The van der Waals surface area contributed by atoms with Gasteiger partial charge in [-0.1, -0.05) is 19.6 Å². The van der Waals surface area contributed by atoms with E-state index in [1.807, 2.05) is 12.1 Å². The fraction of sp³-hybridized carbons (Fsp3) is 0.538. The Morgan fingerprint density at radius 3 is 2.84 bits per heavy atom. The number of hydrogen-bond donors (Lipinski definition) is 1. The highest BCUT2D eigenvalue weighted by Gasteiger charge is 2.13. The zero-order valence-electron chi connectivity index (χ0n) is 11.8. The van der Waals surface area contributed by atoms with Gasteiger partial charge in [-0.2, -0.15) is 5.10 Å². The number of ether oxygens (including phenoxy) is 1. The van der Waals surface area contributed by atoms with E-state index in [-0.39, 0.29) is 6.61 Å². The minimum absolute atomic E-state index is 0.102. The van der Waals surface area contributed by atoms with Crippen molar-refractivity contribution in [1.29, 1.82) is 0 Å². The number of aromatic nitrogens is 3. The van der Waals surface area contributed by atoms with Crippen LogP contribution in [0.25, 0.3) is 11.0 Å². The molecule has 0 aliphatic carbocycles. The summed E-state index contributed by atoms with van der Waals surface area (Å²) in [7, 11) is -1.06. The van der Waals surface area contributed by atoms with Gasteiger partial charge in [0, 0.05) is 20.9 Å². The van der Waals surface area contributed by atoms with Crippen LogP contribution in [0.5, 0.6) is 0 Å². The summed E-state index contributed by atoms with van der Waals surface area (Å²) in [6.45, 7) is 8.04. The van der Waals surface area contributed by atoms with Crippen LogP contribution in [0.3, 0.4) is 0 Å². The number of rotatable bonds is 6. The number of aliphatic hydroxyl groups is 1. The summed E-state index contributed by atoms with van der Waals surface area (Å²) in [6.07, 6.45) is 1.71. The van der Waals surface area contributed by atoms with Crippen molar-refractivity contribution in [3.05, 3.63) is 24.0 Å². The van der Waals surface area contributed by atoms with E-state index in [1.165, 1.54) is 0 Å². The number of hydrogen-bond acceptors (Lipinski definition) is 4. The number of fused-ring (bicyclic) bond motifs is 1. The molecule has 2 rings (SSSR count). The summed E-state index contributed by atoms with van der Waals surface area (Å²) in [5, 5.41) is 13.6. The minimum Gasteiger partial charge on any atom is -0.390 e. The number of aliphatic hydroxyl groups excluding tert-OH is 1. The molecule has 0 saturated heterocycles. The standard InChI is InChI=1S/C13H21N3O2Si/c1-19(2,3)8-7-18-10-16-12-5-4-6-14-13(12)11(9-17)15-16/h4-6,17H,7-10H2,1-3H3. The van der Waals surface area contributed by atoms with Gasteiger partial charge in [0.2, 0.25) is 0 Å². The molecule has 0 fully saturated rings. The quantitative estimate of drug-likeness (QED) is 0.651. The molecule has 0 amide bonds. The zero-order valence-corrected chi connectivity index (χ0v) is 12.8. The zero-order chi connectivity index (χ0) is 13.9. The van der Waals surface area contributed by atoms with Gasteiger partial charge in [0.15, 0.2) is 0 Å². The van der Waals surface area contributed by atoms with Crippen molar-refractivity contribution >= 4 is 19.1 Å². The Kier molecular flexibility index (Phi) is 4.33. The molecule has 6 heteroatoms. The summed E-state index contributed by atoms with van der Waals surface area (Å²) in [5.74, 6) is 0. The summed E-state index contributed by atoms with van der Waals surface area (Å²) in [4.78, 5) is 4.25. The Morgan fingerprint density at radius 1 is 1.37 bits per heavy atom. The van der Waals surface area contributed by atoms with E-state index in [9.17, 15) is 5.11 Å². The molecule has 0 atom stereocenters. The van der Waals surface area contributed by atoms with Gasteiger partial charge >= 0.3 is 0 Å². The van der Waals surface area contributed by atoms with Gasteiger partial charge in [0.1, 0.15) is 17.9 Å². The van der Waals surface area contributed by atoms with E-state index in [1.54, 1.807) is 10.9 Å². The third-order valence-electron chi connectivity index (χ3n) is 2.94. The highest BCUT2D eigenvalue weighted by atomic mass is 28.3. The molecule has 2 aromatic heterocycles. The predicted molar refractivity (Wildman–Crippen MR) is 77.6 cm³/mol. The molecule has 1 N–H and O–H groups in total. The molecule has 2 heterocycles. The molecule has 0 aromatic carbocycles. The van der Waals surface area contributed by atoms with Crippen LogP contribution in [0.2, 0.25) is 25.7 Å². The fourth-order valence-corrected chi connectivity index (χ4v) is 2.57. The van der Waals surface area contributed by atoms with Gasteiger partial charge in [-0.05, 0) is 18.2 Å². The lowest BCUT2D eigenvalue weighted by molar-refractivity contribution is 0.0809. The topological polar surface area (TPSA) is 60.2 Å². The average Bonchev–Trinajstić information content (AvgIpc) is 2.72. The number of pyridine rings is 1. The van der Waals surface area contributed by atoms with Crippen LogP contribution >= 0.6 is 0 Å². The first-order valence-corrected chi connectivity index (χ1v) is 10.2. The van der Waals surface area contributed by atoms with Crippen molar-refractivity contribution < 1.29 is 9.84 Å². The van der Waals surface area contributed by atoms with Crippen LogP contribution < -0.4 is 0 Å². The molecule has 19 heavy (non-hydrogen) atoms. The van der Waals surface area contributed by atoms with Crippen LogP contribution in [0.4, 0.5) is 0 Å². The van der Waals surface area contributed by atoms with E-state index in [2.05, 4.69) is 29.7 Å². The van der Waals surface area contributed by atoms with E-state index in [0.29, 0.717) is 12.4 Å². The Morgan fingerprint density at radius 2 is 2.16 bits per heavy atom. The highest BCUT2D eigenvalue weighted by Crippen LogP contribution is 2.16. The molecule has 0 radical (unpaired) electrons. The van der Waals surface area contributed by atoms with E-state index >= 15 is 0 Å². The van der Waals surface area contributed by atoms with Gasteiger partial charge in [0.25, 0.3) is 0 Å². The maximum absolute atomic E-state index is 9.28. The summed E-state index contributed by atoms with van der Waals surface area (Å²) >= 11 is 0. The lowest BCUT2D eigenvalue weighted by Gasteiger charge is -2.15. The Balaban J connectivity index is 2.05. The van der Waals surface area contributed by atoms with Crippen molar-refractivity contribution in [2.45, 2.75) is 39.0 Å². The molecule has 0 aliphatic rings. The lowest BCUT2D eigenvalue weighted by atomic mass is 10.3.